The molecule has 0 atom stereocenters. The van der Waals surface area contributed by atoms with Crippen molar-refractivity contribution in [1.29, 1.82) is 0 Å². The number of phenolic OH excluding ortho intramolecular Hbond substituents is 1. The first-order valence-corrected chi connectivity index (χ1v) is 11.8. The molecule has 1 aliphatic heterocycles. The first-order chi connectivity index (χ1) is 17.6. The van der Waals surface area contributed by atoms with E-state index in [2.05, 4.69) is 4.90 Å². The van der Waals surface area contributed by atoms with Crippen LogP contribution < -0.4 is 10.2 Å². The monoisotopic (exact) mass is 520 g/mol. The third kappa shape index (κ3) is 5.89. The van der Waals surface area contributed by atoms with Crippen LogP contribution in [0.2, 0.25) is 0 Å². The standard InChI is InChI=1S/C26H27F3N2O6/c1-3-14-35-25(34)16-4-6-17(7-5-16)36-23-21(33)18-8-9-20(32)19(15-31-12-10-30(2)11-13-31)22(18)37-24(23)26(27,28)29/h4-9,32H,3,10-15H2,1-2H3. The van der Waals surface area contributed by atoms with E-state index < -0.39 is 29.1 Å². The lowest BCUT2D eigenvalue weighted by atomic mass is 10.1. The second kappa shape index (κ2) is 10.8. The maximum Gasteiger partial charge on any atom is 0.453 e. The Morgan fingerprint density at radius 3 is 2.38 bits per heavy atom. The molecule has 2 aromatic carbocycles. The number of alkyl halides is 3. The van der Waals surface area contributed by atoms with E-state index in [1.54, 1.807) is 0 Å². The van der Waals surface area contributed by atoms with Crippen molar-refractivity contribution < 1.29 is 37.0 Å². The van der Waals surface area contributed by atoms with Crippen LogP contribution in [0.1, 0.15) is 35.0 Å². The first-order valence-electron chi connectivity index (χ1n) is 11.8. The molecule has 0 saturated carbocycles. The molecule has 1 aromatic heterocycles. The molecule has 37 heavy (non-hydrogen) atoms. The van der Waals surface area contributed by atoms with E-state index in [4.69, 9.17) is 13.9 Å². The van der Waals surface area contributed by atoms with Crippen molar-refractivity contribution >= 4 is 16.9 Å². The molecule has 1 N–H and O–H groups in total. The minimum atomic E-state index is -5.05. The van der Waals surface area contributed by atoms with Crippen molar-refractivity contribution in [3.8, 4) is 17.2 Å². The van der Waals surface area contributed by atoms with Crippen molar-refractivity contribution in [1.82, 2.24) is 9.80 Å². The number of rotatable bonds is 7. The molecule has 4 rings (SSSR count). The minimum Gasteiger partial charge on any atom is -0.507 e. The van der Waals surface area contributed by atoms with Gasteiger partial charge in [0, 0.05) is 32.7 Å². The molecule has 1 fully saturated rings. The number of carbonyl (C=O) groups is 1. The summed E-state index contributed by atoms with van der Waals surface area (Å²) >= 11 is 0. The third-order valence-electron chi connectivity index (χ3n) is 6.08. The van der Waals surface area contributed by atoms with Gasteiger partial charge in [-0.05, 0) is 49.9 Å². The van der Waals surface area contributed by atoms with Crippen molar-refractivity contribution in [3.05, 3.63) is 63.5 Å². The zero-order valence-electron chi connectivity index (χ0n) is 20.4. The molecule has 198 valence electrons. The SMILES string of the molecule is CCCOC(=O)c1ccc(Oc2c(C(F)(F)F)oc3c(CN4CCN(C)CC4)c(O)ccc3c2=O)cc1. The Morgan fingerprint density at radius 1 is 1.08 bits per heavy atom. The molecule has 0 spiro atoms. The highest BCUT2D eigenvalue weighted by molar-refractivity contribution is 5.89. The van der Waals surface area contributed by atoms with E-state index in [-0.39, 0.29) is 46.7 Å². The maximum absolute atomic E-state index is 14.0. The van der Waals surface area contributed by atoms with Crippen LogP contribution in [0, 0.1) is 0 Å². The van der Waals surface area contributed by atoms with E-state index >= 15 is 0 Å². The number of fused-ring (bicyclic) bond motifs is 1. The van der Waals surface area contributed by atoms with Gasteiger partial charge in [0.25, 0.3) is 5.76 Å². The molecule has 1 aliphatic rings. The number of phenols is 1. The number of nitrogens with zero attached hydrogens (tertiary/aromatic N) is 2. The Hall–Kier alpha value is -3.57. The number of benzene rings is 2. The highest BCUT2D eigenvalue weighted by Crippen LogP contribution is 2.40. The lowest BCUT2D eigenvalue weighted by molar-refractivity contribution is -0.154. The second-order valence-electron chi connectivity index (χ2n) is 8.87. The first kappa shape index (κ1) is 26.5. The van der Waals surface area contributed by atoms with Crippen LogP contribution >= 0.6 is 0 Å². The van der Waals surface area contributed by atoms with Gasteiger partial charge in [0.1, 0.15) is 17.1 Å². The molecule has 0 aliphatic carbocycles. The second-order valence-corrected chi connectivity index (χ2v) is 8.87. The maximum atomic E-state index is 14.0. The van der Waals surface area contributed by atoms with Gasteiger partial charge in [-0.1, -0.05) is 6.92 Å². The van der Waals surface area contributed by atoms with Crippen LogP contribution in [-0.2, 0) is 17.5 Å². The van der Waals surface area contributed by atoms with Gasteiger partial charge in [0.15, 0.2) is 0 Å². The van der Waals surface area contributed by atoms with Crippen molar-refractivity contribution in [2.75, 3.05) is 39.8 Å². The highest BCUT2D eigenvalue weighted by Gasteiger charge is 2.41. The molecule has 2 heterocycles. The smallest absolute Gasteiger partial charge is 0.453 e. The molecule has 11 heteroatoms. The number of hydrogen-bond donors (Lipinski definition) is 1. The fourth-order valence-electron chi connectivity index (χ4n) is 4.00. The molecule has 1 saturated heterocycles. The summed E-state index contributed by atoms with van der Waals surface area (Å²) in [7, 11) is 1.97. The summed E-state index contributed by atoms with van der Waals surface area (Å²) in [6, 6.07) is 7.66. The number of likely N-dealkylation sites (N-methyl/N-ethyl adjacent to an activating group) is 1. The fraction of sp³-hybridized carbons (Fsp3) is 0.385. The average Bonchev–Trinajstić information content (AvgIpc) is 2.86. The zero-order valence-corrected chi connectivity index (χ0v) is 20.4. The number of hydrogen-bond acceptors (Lipinski definition) is 8. The number of aromatic hydroxyl groups is 1. The van der Waals surface area contributed by atoms with Gasteiger partial charge in [0.2, 0.25) is 11.2 Å². The largest absolute Gasteiger partial charge is 0.507 e. The van der Waals surface area contributed by atoms with Gasteiger partial charge in [-0.3, -0.25) is 9.69 Å². The summed E-state index contributed by atoms with van der Waals surface area (Å²) in [6.45, 7) is 5.00. The van der Waals surface area contributed by atoms with E-state index in [0.717, 1.165) is 13.1 Å². The Labute approximate surface area is 210 Å². The van der Waals surface area contributed by atoms with Gasteiger partial charge < -0.3 is 23.9 Å². The van der Waals surface area contributed by atoms with Crippen LogP contribution in [0.5, 0.6) is 17.2 Å². The molecule has 0 unspecified atom stereocenters. The van der Waals surface area contributed by atoms with Crippen molar-refractivity contribution in [2.24, 2.45) is 0 Å². The van der Waals surface area contributed by atoms with Gasteiger partial charge in [-0.2, -0.15) is 13.2 Å². The van der Waals surface area contributed by atoms with E-state index in [9.17, 15) is 27.9 Å². The Kier molecular flexibility index (Phi) is 7.74. The predicted octanol–water partition coefficient (Wildman–Crippen LogP) is 4.62. The number of ether oxygens (including phenoxy) is 2. The molecule has 0 bridgehead atoms. The summed E-state index contributed by atoms with van der Waals surface area (Å²) < 4.78 is 57.8. The van der Waals surface area contributed by atoms with Gasteiger partial charge >= 0.3 is 12.1 Å². The minimum absolute atomic E-state index is 0.0966. The molecule has 3 aromatic rings. The molecular formula is C26H27F3N2O6. The lowest BCUT2D eigenvalue weighted by Gasteiger charge is -2.32. The van der Waals surface area contributed by atoms with Crippen molar-refractivity contribution in [3.63, 3.8) is 0 Å². The summed E-state index contributed by atoms with van der Waals surface area (Å²) in [6.07, 6.45) is -4.41. The summed E-state index contributed by atoms with van der Waals surface area (Å²) in [4.78, 5) is 29.3. The number of piperazine rings is 1. The molecule has 8 nitrogen and oxygen atoms in total. The van der Waals surface area contributed by atoms with Crippen LogP contribution in [0.15, 0.2) is 45.6 Å². The number of esters is 1. The quantitative estimate of drug-likeness (QED) is 0.451. The zero-order chi connectivity index (χ0) is 26.7. The van der Waals surface area contributed by atoms with Crippen LogP contribution in [0.3, 0.4) is 0 Å². The normalized spacial score (nSPS) is 15.2. The van der Waals surface area contributed by atoms with E-state index in [0.29, 0.717) is 19.5 Å². The van der Waals surface area contributed by atoms with Gasteiger partial charge in [0.05, 0.1) is 23.1 Å². The fourth-order valence-corrected chi connectivity index (χ4v) is 4.00. The van der Waals surface area contributed by atoms with Gasteiger partial charge in [-0.25, -0.2) is 4.79 Å². The predicted molar refractivity (Wildman–Crippen MR) is 129 cm³/mol. The summed E-state index contributed by atoms with van der Waals surface area (Å²) in [5.41, 5.74) is -1.07. The number of halogens is 3. The van der Waals surface area contributed by atoms with E-state index in [1.165, 1.54) is 36.4 Å². The van der Waals surface area contributed by atoms with Crippen LogP contribution in [-0.4, -0.2) is 60.7 Å². The summed E-state index contributed by atoms with van der Waals surface area (Å²) in [5.74, 6) is -3.58. The van der Waals surface area contributed by atoms with E-state index in [1.807, 2.05) is 18.9 Å². The molecule has 0 amide bonds. The Balaban J connectivity index is 1.72. The third-order valence-corrected chi connectivity index (χ3v) is 6.08. The average molecular weight is 521 g/mol. The van der Waals surface area contributed by atoms with Crippen LogP contribution in [0.4, 0.5) is 13.2 Å². The topological polar surface area (TPSA) is 92.5 Å². The van der Waals surface area contributed by atoms with Crippen molar-refractivity contribution in [2.45, 2.75) is 26.1 Å². The molecular weight excluding hydrogens is 493 g/mol. The lowest BCUT2D eigenvalue weighted by Crippen LogP contribution is -2.43. The Morgan fingerprint density at radius 2 is 1.76 bits per heavy atom. The highest BCUT2D eigenvalue weighted by atomic mass is 19.4. The number of carbonyl (C=O) groups excluding carboxylic acids is 1. The van der Waals surface area contributed by atoms with Gasteiger partial charge in [-0.15, -0.1) is 0 Å². The summed E-state index contributed by atoms with van der Waals surface area (Å²) in [5, 5.41) is 10.3. The van der Waals surface area contributed by atoms with Crippen LogP contribution in [0.25, 0.3) is 11.0 Å². The Bertz CT molecular complexity index is 1330. The molecule has 0 radical (unpaired) electrons.